The number of ether oxygens (including phenoxy) is 2. The van der Waals surface area contributed by atoms with Crippen LogP contribution in [-0.4, -0.2) is 60.2 Å². The van der Waals surface area contributed by atoms with Crippen molar-refractivity contribution < 1.29 is 18.7 Å². The van der Waals surface area contributed by atoms with Gasteiger partial charge in [0.1, 0.15) is 24.1 Å². The molecule has 0 saturated carbocycles. The summed E-state index contributed by atoms with van der Waals surface area (Å²) >= 11 is 5.92. The van der Waals surface area contributed by atoms with Crippen molar-refractivity contribution in [3.05, 3.63) is 47.5 Å². The number of piperidine rings is 1. The lowest BCUT2D eigenvalue weighted by Crippen LogP contribution is -2.44. The van der Waals surface area contributed by atoms with E-state index in [9.17, 15) is 9.18 Å². The smallest absolute Gasteiger partial charge is 0.230 e. The van der Waals surface area contributed by atoms with Crippen LogP contribution < -0.4 is 25.6 Å². The van der Waals surface area contributed by atoms with E-state index in [2.05, 4.69) is 31.0 Å². The number of hydrazine groups is 1. The van der Waals surface area contributed by atoms with Gasteiger partial charge in [-0.2, -0.15) is 0 Å². The Balaban J connectivity index is 1.45. The number of fused-ring (bicyclic) bond motifs is 1. The third-order valence-corrected chi connectivity index (χ3v) is 6.04. The number of methoxy groups -OCH3 is 1. The summed E-state index contributed by atoms with van der Waals surface area (Å²) in [5.41, 5.74) is 6.79. The zero-order valence-corrected chi connectivity index (χ0v) is 20.4. The molecule has 1 saturated heterocycles. The number of halogens is 2. The van der Waals surface area contributed by atoms with Crippen LogP contribution in [0.15, 0.2) is 36.7 Å². The molecule has 1 amide bonds. The van der Waals surface area contributed by atoms with E-state index in [0.29, 0.717) is 35.1 Å². The first-order chi connectivity index (χ1) is 16.9. The van der Waals surface area contributed by atoms with Gasteiger partial charge in [-0.3, -0.25) is 10.2 Å². The van der Waals surface area contributed by atoms with Crippen LogP contribution in [0.5, 0.6) is 11.5 Å². The van der Waals surface area contributed by atoms with Crippen LogP contribution in [0.3, 0.4) is 0 Å². The van der Waals surface area contributed by atoms with E-state index in [-0.39, 0.29) is 17.0 Å². The SMILES string of the molecule is COc1cc2ncnc(Nc3ccc(F)c(Cl)c3)c2cc1OC1CCN(CCNNC(C)=O)CC1. The van der Waals surface area contributed by atoms with Gasteiger partial charge in [0, 0.05) is 50.2 Å². The summed E-state index contributed by atoms with van der Waals surface area (Å²) < 4.78 is 25.5. The number of anilines is 2. The lowest BCUT2D eigenvalue weighted by atomic mass is 10.1. The summed E-state index contributed by atoms with van der Waals surface area (Å²) in [6, 6.07) is 8.08. The first-order valence-electron chi connectivity index (χ1n) is 11.4. The van der Waals surface area contributed by atoms with Crippen molar-refractivity contribution in [1.82, 2.24) is 25.7 Å². The van der Waals surface area contributed by atoms with Crippen molar-refractivity contribution in [3.63, 3.8) is 0 Å². The van der Waals surface area contributed by atoms with E-state index in [4.69, 9.17) is 21.1 Å². The highest BCUT2D eigenvalue weighted by molar-refractivity contribution is 6.31. The molecule has 11 heteroatoms. The Morgan fingerprint density at radius 1 is 1.20 bits per heavy atom. The summed E-state index contributed by atoms with van der Waals surface area (Å²) in [5, 5.41) is 3.95. The number of nitrogens with zero attached hydrogens (tertiary/aromatic N) is 3. The number of aromatic nitrogens is 2. The summed E-state index contributed by atoms with van der Waals surface area (Å²) in [6.45, 7) is 4.78. The summed E-state index contributed by atoms with van der Waals surface area (Å²) in [6.07, 6.45) is 3.22. The number of likely N-dealkylation sites (tertiary alicyclic amines) is 1. The zero-order valence-electron chi connectivity index (χ0n) is 19.6. The third kappa shape index (κ3) is 6.47. The molecule has 1 aliphatic rings. The standard InChI is InChI=1S/C24H28ClFN6O3/c1-15(33)31-29-7-10-32-8-5-17(6-9-32)35-23-12-18-21(13-22(23)34-2)27-14-28-24(18)30-16-3-4-20(26)19(25)11-16/h3-4,11-14,17,29H,5-10H2,1-2H3,(H,31,33)(H,27,28,30). The third-order valence-electron chi connectivity index (χ3n) is 5.75. The predicted molar refractivity (Wildman–Crippen MR) is 133 cm³/mol. The minimum atomic E-state index is -0.486. The van der Waals surface area contributed by atoms with E-state index in [1.165, 1.54) is 25.4 Å². The predicted octanol–water partition coefficient (Wildman–Crippen LogP) is 3.66. The molecule has 3 N–H and O–H groups in total. The fourth-order valence-corrected chi connectivity index (χ4v) is 4.14. The van der Waals surface area contributed by atoms with Crippen molar-refractivity contribution in [2.24, 2.45) is 0 Å². The molecule has 1 fully saturated rings. The topological polar surface area (TPSA) is 101 Å². The maximum absolute atomic E-state index is 13.5. The maximum atomic E-state index is 13.5. The molecule has 0 bridgehead atoms. The molecule has 3 aromatic rings. The van der Waals surface area contributed by atoms with Crippen LogP contribution in [0.4, 0.5) is 15.9 Å². The molecule has 2 heterocycles. The van der Waals surface area contributed by atoms with Crippen LogP contribution >= 0.6 is 11.6 Å². The molecule has 0 radical (unpaired) electrons. The van der Waals surface area contributed by atoms with Gasteiger partial charge in [-0.05, 0) is 37.1 Å². The normalized spacial score (nSPS) is 14.6. The van der Waals surface area contributed by atoms with Gasteiger partial charge in [-0.25, -0.2) is 19.8 Å². The Hall–Kier alpha value is -3.21. The molecule has 0 unspecified atom stereocenters. The minimum absolute atomic E-state index is 0.0243. The second kappa shape index (κ2) is 11.5. The van der Waals surface area contributed by atoms with Gasteiger partial charge in [0.05, 0.1) is 17.6 Å². The van der Waals surface area contributed by atoms with Crippen LogP contribution in [0.2, 0.25) is 5.02 Å². The van der Waals surface area contributed by atoms with E-state index >= 15 is 0 Å². The fourth-order valence-electron chi connectivity index (χ4n) is 3.96. The van der Waals surface area contributed by atoms with Crippen molar-refractivity contribution in [3.8, 4) is 11.5 Å². The molecule has 4 rings (SSSR count). The van der Waals surface area contributed by atoms with E-state index in [0.717, 1.165) is 37.9 Å². The number of amides is 1. The highest BCUT2D eigenvalue weighted by Crippen LogP contribution is 2.36. The number of carbonyl (C=O) groups is 1. The molecular formula is C24H28ClFN6O3. The zero-order chi connectivity index (χ0) is 24.8. The Morgan fingerprint density at radius 3 is 2.71 bits per heavy atom. The number of hydrogen-bond donors (Lipinski definition) is 3. The van der Waals surface area contributed by atoms with Gasteiger partial charge in [-0.1, -0.05) is 11.6 Å². The van der Waals surface area contributed by atoms with E-state index in [1.54, 1.807) is 13.2 Å². The second-order valence-corrected chi connectivity index (χ2v) is 8.67. The van der Waals surface area contributed by atoms with Crippen LogP contribution in [0.1, 0.15) is 19.8 Å². The number of nitrogens with one attached hydrogen (secondary N) is 3. The molecular weight excluding hydrogens is 475 g/mol. The number of benzene rings is 2. The molecule has 0 atom stereocenters. The molecule has 1 aliphatic heterocycles. The summed E-state index contributed by atoms with van der Waals surface area (Å²) in [5.74, 6) is 1.16. The molecule has 1 aromatic heterocycles. The lowest BCUT2D eigenvalue weighted by Gasteiger charge is -2.32. The molecule has 9 nitrogen and oxygen atoms in total. The number of rotatable bonds is 9. The van der Waals surface area contributed by atoms with Crippen LogP contribution in [0, 0.1) is 5.82 Å². The Bertz CT molecular complexity index is 1190. The van der Waals surface area contributed by atoms with Crippen molar-refractivity contribution in [2.75, 3.05) is 38.6 Å². The summed E-state index contributed by atoms with van der Waals surface area (Å²) in [4.78, 5) is 22.0. The van der Waals surface area contributed by atoms with Gasteiger partial charge in [0.15, 0.2) is 11.5 Å². The average Bonchev–Trinajstić information content (AvgIpc) is 2.85. The number of carbonyl (C=O) groups excluding carboxylic acids is 1. The van der Waals surface area contributed by atoms with Crippen molar-refractivity contribution >= 4 is 39.9 Å². The molecule has 186 valence electrons. The van der Waals surface area contributed by atoms with Crippen LogP contribution in [-0.2, 0) is 4.79 Å². The minimum Gasteiger partial charge on any atom is -0.493 e. The van der Waals surface area contributed by atoms with Gasteiger partial charge >= 0.3 is 0 Å². The fraction of sp³-hybridized carbons (Fsp3) is 0.375. The van der Waals surface area contributed by atoms with Gasteiger partial charge in [0.2, 0.25) is 5.91 Å². The first kappa shape index (κ1) is 24.9. The van der Waals surface area contributed by atoms with Crippen molar-refractivity contribution in [1.29, 1.82) is 0 Å². The average molecular weight is 503 g/mol. The molecule has 0 aliphatic carbocycles. The van der Waals surface area contributed by atoms with Gasteiger partial charge < -0.3 is 19.7 Å². The molecule has 0 spiro atoms. The Morgan fingerprint density at radius 2 is 2.00 bits per heavy atom. The molecule has 2 aromatic carbocycles. The molecule has 35 heavy (non-hydrogen) atoms. The highest BCUT2D eigenvalue weighted by atomic mass is 35.5. The van der Waals surface area contributed by atoms with Gasteiger partial charge in [0.25, 0.3) is 0 Å². The second-order valence-electron chi connectivity index (χ2n) is 8.26. The monoisotopic (exact) mass is 502 g/mol. The largest absolute Gasteiger partial charge is 0.493 e. The Labute approximate surface area is 207 Å². The highest BCUT2D eigenvalue weighted by Gasteiger charge is 2.22. The quantitative estimate of drug-likeness (QED) is 0.301. The van der Waals surface area contributed by atoms with Crippen LogP contribution in [0.25, 0.3) is 10.9 Å². The van der Waals surface area contributed by atoms with E-state index in [1.807, 2.05) is 12.1 Å². The maximum Gasteiger partial charge on any atom is 0.230 e. The lowest BCUT2D eigenvalue weighted by molar-refractivity contribution is -0.119. The van der Waals surface area contributed by atoms with E-state index < -0.39 is 5.82 Å². The summed E-state index contributed by atoms with van der Waals surface area (Å²) in [7, 11) is 1.60. The van der Waals surface area contributed by atoms with Crippen molar-refractivity contribution in [2.45, 2.75) is 25.9 Å². The number of hydrogen-bond acceptors (Lipinski definition) is 8. The first-order valence-corrected chi connectivity index (χ1v) is 11.7. The van der Waals surface area contributed by atoms with Gasteiger partial charge in [-0.15, -0.1) is 0 Å². The Kier molecular flexibility index (Phi) is 8.17.